The number of alkyl halides is 3. The lowest BCUT2D eigenvalue weighted by molar-refractivity contribution is -0.143. The molecule has 0 aromatic heterocycles. The molecule has 0 aliphatic carbocycles. The standard InChI is InChI=1S/C19H14F3NO4/c1-26-17(24)10-27-13-5-2-11(3-6-13)8-15-14-7-4-12(19(20,21)22)9-16(14)23-18(15)25/h2-9H,10H2,1H3,(H,23,25)/b15-8-. The van der Waals surface area contributed by atoms with Crippen LogP contribution in [0, 0.1) is 0 Å². The molecule has 27 heavy (non-hydrogen) atoms. The third kappa shape index (κ3) is 4.11. The highest BCUT2D eigenvalue weighted by molar-refractivity contribution is 6.34. The smallest absolute Gasteiger partial charge is 0.416 e. The maximum atomic E-state index is 12.8. The lowest BCUT2D eigenvalue weighted by atomic mass is 10.0. The number of carbonyl (C=O) groups excluding carboxylic acids is 2. The number of hydrogen-bond donors (Lipinski definition) is 1. The van der Waals surface area contributed by atoms with Crippen LogP contribution in [0.25, 0.3) is 11.6 Å². The van der Waals surface area contributed by atoms with Gasteiger partial charge in [-0.3, -0.25) is 4.79 Å². The molecule has 0 unspecified atom stereocenters. The number of hydrogen-bond acceptors (Lipinski definition) is 4. The van der Waals surface area contributed by atoms with Crippen LogP contribution in [-0.4, -0.2) is 25.6 Å². The molecule has 0 atom stereocenters. The van der Waals surface area contributed by atoms with E-state index in [0.29, 0.717) is 16.9 Å². The molecule has 1 aliphatic rings. The van der Waals surface area contributed by atoms with Crippen molar-refractivity contribution in [2.75, 3.05) is 19.0 Å². The molecule has 140 valence electrons. The Hall–Kier alpha value is -3.29. The van der Waals surface area contributed by atoms with Crippen LogP contribution in [-0.2, 0) is 20.5 Å². The van der Waals surface area contributed by atoms with Gasteiger partial charge in [-0.1, -0.05) is 18.2 Å². The number of esters is 1. The van der Waals surface area contributed by atoms with Crippen LogP contribution in [0.2, 0.25) is 0 Å². The molecule has 3 rings (SSSR count). The Labute approximate surface area is 152 Å². The first-order chi connectivity index (χ1) is 12.8. The number of ether oxygens (including phenoxy) is 2. The summed E-state index contributed by atoms with van der Waals surface area (Å²) in [6, 6.07) is 9.67. The lowest BCUT2D eigenvalue weighted by Crippen LogP contribution is -2.12. The Morgan fingerprint density at radius 3 is 2.48 bits per heavy atom. The van der Waals surface area contributed by atoms with Gasteiger partial charge >= 0.3 is 12.1 Å². The van der Waals surface area contributed by atoms with Gasteiger partial charge in [-0.25, -0.2) is 4.79 Å². The number of amides is 1. The summed E-state index contributed by atoms with van der Waals surface area (Å²) in [4.78, 5) is 23.2. The van der Waals surface area contributed by atoms with E-state index in [9.17, 15) is 22.8 Å². The lowest BCUT2D eigenvalue weighted by Gasteiger charge is -2.08. The summed E-state index contributed by atoms with van der Waals surface area (Å²) >= 11 is 0. The minimum absolute atomic E-state index is 0.124. The molecule has 0 saturated heterocycles. The maximum absolute atomic E-state index is 12.8. The van der Waals surface area contributed by atoms with Crippen LogP contribution in [0.5, 0.6) is 5.75 Å². The van der Waals surface area contributed by atoms with E-state index in [1.165, 1.54) is 13.2 Å². The molecule has 1 heterocycles. The fourth-order valence-electron chi connectivity index (χ4n) is 2.54. The van der Waals surface area contributed by atoms with Crippen LogP contribution in [0.3, 0.4) is 0 Å². The summed E-state index contributed by atoms with van der Waals surface area (Å²) in [6.07, 6.45) is -2.91. The maximum Gasteiger partial charge on any atom is 0.416 e. The molecule has 0 bridgehead atoms. The van der Waals surface area contributed by atoms with Crippen LogP contribution in [0.15, 0.2) is 42.5 Å². The summed E-state index contributed by atoms with van der Waals surface area (Å²) in [7, 11) is 1.25. The quantitative estimate of drug-likeness (QED) is 0.651. The van der Waals surface area contributed by atoms with Gasteiger partial charge in [0.1, 0.15) is 5.75 Å². The molecule has 5 nitrogen and oxygen atoms in total. The summed E-state index contributed by atoms with van der Waals surface area (Å²) in [5.74, 6) is -0.553. The van der Waals surface area contributed by atoms with Crippen molar-refractivity contribution >= 4 is 29.2 Å². The van der Waals surface area contributed by atoms with Gasteiger partial charge in [-0.15, -0.1) is 0 Å². The van der Waals surface area contributed by atoms with E-state index in [1.807, 2.05) is 0 Å². The number of nitrogens with one attached hydrogen (secondary N) is 1. The van der Waals surface area contributed by atoms with Crippen molar-refractivity contribution in [2.24, 2.45) is 0 Å². The highest BCUT2D eigenvalue weighted by atomic mass is 19.4. The zero-order valence-electron chi connectivity index (χ0n) is 14.1. The van der Waals surface area contributed by atoms with Crippen molar-refractivity contribution in [3.05, 3.63) is 59.2 Å². The molecule has 2 aromatic rings. The second kappa shape index (κ2) is 7.14. The summed E-state index contributed by atoms with van der Waals surface area (Å²) < 4.78 is 48.1. The van der Waals surface area contributed by atoms with Gasteiger partial charge in [-0.2, -0.15) is 13.2 Å². The summed E-state index contributed by atoms with van der Waals surface area (Å²) in [6.45, 7) is -0.228. The normalized spacial score (nSPS) is 14.7. The minimum Gasteiger partial charge on any atom is -0.482 e. The molecule has 0 radical (unpaired) electrons. The molecule has 0 saturated carbocycles. The van der Waals surface area contributed by atoms with E-state index < -0.39 is 23.6 Å². The van der Waals surface area contributed by atoms with Gasteiger partial charge < -0.3 is 14.8 Å². The molecular weight excluding hydrogens is 363 g/mol. The minimum atomic E-state index is -4.48. The highest BCUT2D eigenvalue weighted by Crippen LogP contribution is 2.38. The second-order valence-corrected chi connectivity index (χ2v) is 5.70. The average Bonchev–Trinajstić information content (AvgIpc) is 2.94. The third-order valence-corrected chi connectivity index (χ3v) is 3.91. The van der Waals surface area contributed by atoms with Gasteiger partial charge in [0.2, 0.25) is 0 Å². The van der Waals surface area contributed by atoms with Crippen molar-refractivity contribution in [2.45, 2.75) is 6.18 Å². The van der Waals surface area contributed by atoms with Crippen molar-refractivity contribution in [3.8, 4) is 5.75 Å². The van der Waals surface area contributed by atoms with Crippen LogP contribution < -0.4 is 10.1 Å². The molecule has 1 N–H and O–H groups in total. The van der Waals surface area contributed by atoms with Gasteiger partial charge in [0.05, 0.1) is 12.7 Å². The largest absolute Gasteiger partial charge is 0.482 e. The monoisotopic (exact) mass is 377 g/mol. The number of anilines is 1. The fraction of sp³-hybridized carbons (Fsp3) is 0.158. The predicted molar refractivity (Wildman–Crippen MR) is 91.9 cm³/mol. The van der Waals surface area contributed by atoms with E-state index in [0.717, 1.165) is 12.1 Å². The van der Waals surface area contributed by atoms with Gasteiger partial charge in [0, 0.05) is 16.8 Å². The van der Waals surface area contributed by atoms with Gasteiger partial charge in [0.25, 0.3) is 5.91 Å². The SMILES string of the molecule is COC(=O)COc1ccc(/C=C2\C(=O)Nc3cc(C(F)(F)F)ccc32)cc1. The zero-order chi connectivity index (χ0) is 19.6. The van der Waals surface area contributed by atoms with Crippen LogP contribution >= 0.6 is 0 Å². The second-order valence-electron chi connectivity index (χ2n) is 5.70. The Kier molecular flexibility index (Phi) is 4.89. The van der Waals surface area contributed by atoms with E-state index >= 15 is 0 Å². The van der Waals surface area contributed by atoms with Gasteiger partial charge in [-0.05, 0) is 35.9 Å². The zero-order valence-corrected chi connectivity index (χ0v) is 14.1. The van der Waals surface area contributed by atoms with E-state index in [4.69, 9.17) is 4.74 Å². The number of benzene rings is 2. The van der Waals surface area contributed by atoms with Crippen molar-refractivity contribution in [1.82, 2.24) is 0 Å². The molecule has 1 aliphatic heterocycles. The third-order valence-electron chi connectivity index (χ3n) is 3.91. The Bertz CT molecular complexity index is 918. The van der Waals surface area contributed by atoms with E-state index in [-0.39, 0.29) is 17.9 Å². The van der Waals surface area contributed by atoms with Gasteiger partial charge in [0.15, 0.2) is 6.61 Å². The van der Waals surface area contributed by atoms with Crippen molar-refractivity contribution < 1.29 is 32.2 Å². The molecule has 8 heteroatoms. The summed E-state index contributed by atoms with van der Waals surface area (Å²) in [5, 5.41) is 2.45. The Morgan fingerprint density at radius 2 is 1.85 bits per heavy atom. The van der Waals surface area contributed by atoms with E-state index in [2.05, 4.69) is 10.1 Å². The fourth-order valence-corrected chi connectivity index (χ4v) is 2.54. The van der Waals surface area contributed by atoms with Crippen LogP contribution in [0.4, 0.5) is 18.9 Å². The summed E-state index contributed by atoms with van der Waals surface area (Å²) in [5.41, 5.74) is 0.619. The van der Waals surface area contributed by atoms with Crippen LogP contribution in [0.1, 0.15) is 16.7 Å². The van der Waals surface area contributed by atoms with Crippen molar-refractivity contribution in [1.29, 1.82) is 0 Å². The predicted octanol–water partition coefficient (Wildman–Crippen LogP) is 3.75. The van der Waals surface area contributed by atoms with E-state index in [1.54, 1.807) is 30.3 Å². The number of rotatable bonds is 4. The molecule has 0 spiro atoms. The Morgan fingerprint density at radius 1 is 1.15 bits per heavy atom. The first-order valence-electron chi connectivity index (χ1n) is 7.82. The van der Waals surface area contributed by atoms with Crippen molar-refractivity contribution in [3.63, 3.8) is 0 Å². The average molecular weight is 377 g/mol. The number of fused-ring (bicyclic) bond motifs is 1. The number of carbonyl (C=O) groups is 2. The molecule has 0 fully saturated rings. The Balaban J connectivity index is 1.82. The first kappa shape index (κ1) is 18.5. The molecule has 2 aromatic carbocycles. The molecule has 1 amide bonds. The molecular formula is C19H14F3NO4. The topological polar surface area (TPSA) is 64.6 Å². The number of halogens is 3. The first-order valence-corrected chi connectivity index (χ1v) is 7.82. The highest BCUT2D eigenvalue weighted by Gasteiger charge is 2.33. The number of methoxy groups -OCH3 is 1.